The molecule has 0 amide bonds. The SMILES string of the molecule is O=C(OCc1cc[n+](Cc2ccccc2)cc1)c1ccccc1. The Morgan fingerprint density at radius 2 is 1.39 bits per heavy atom. The quantitative estimate of drug-likeness (QED) is 0.534. The van der Waals surface area contributed by atoms with E-state index < -0.39 is 0 Å². The first-order valence-corrected chi connectivity index (χ1v) is 7.55. The molecule has 0 unspecified atom stereocenters. The van der Waals surface area contributed by atoms with Crippen LogP contribution >= 0.6 is 0 Å². The number of carbonyl (C=O) groups is 1. The zero-order valence-corrected chi connectivity index (χ0v) is 12.8. The first-order valence-electron chi connectivity index (χ1n) is 7.55. The molecule has 0 saturated carbocycles. The van der Waals surface area contributed by atoms with Gasteiger partial charge in [-0.15, -0.1) is 0 Å². The molecule has 0 fully saturated rings. The Balaban J connectivity index is 1.56. The summed E-state index contributed by atoms with van der Waals surface area (Å²) < 4.78 is 7.42. The average molecular weight is 304 g/mol. The van der Waals surface area contributed by atoms with Crippen molar-refractivity contribution >= 4 is 5.97 Å². The van der Waals surface area contributed by atoms with Crippen LogP contribution in [0.25, 0.3) is 0 Å². The lowest BCUT2D eigenvalue weighted by atomic mass is 10.2. The van der Waals surface area contributed by atoms with E-state index in [2.05, 4.69) is 16.7 Å². The van der Waals surface area contributed by atoms with Crippen LogP contribution in [0.1, 0.15) is 21.5 Å². The first kappa shape index (κ1) is 15.0. The summed E-state index contributed by atoms with van der Waals surface area (Å²) in [5.41, 5.74) is 2.79. The predicted octanol–water partition coefficient (Wildman–Crippen LogP) is 3.38. The molecular weight excluding hydrogens is 286 g/mol. The van der Waals surface area contributed by atoms with Gasteiger partial charge in [-0.2, -0.15) is 0 Å². The summed E-state index contributed by atoms with van der Waals surface area (Å²) in [6, 6.07) is 23.3. The van der Waals surface area contributed by atoms with Gasteiger partial charge in [-0.25, -0.2) is 9.36 Å². The normalized spacial score (nSPS) is 10.3. The minimum atomic E-state index is -0.299. The summed E-state index contributed by atoms with van der Waals surface area (Å²) in [6.45, 7) is 1.10. The van der Waals surface area contributed by atoms with E-state index in [0.29, 0.717) is 5.56 Å². The Labute approximate surface area is 135 Å². The van der Waals surface area contributed by atoms with Gasteiger partial charge in [0.05, 0.1) is 5.56 Å². The van der Waals surface area contributed by atoms with Gasteiger partial charge >= 0.3 is 5.97 Å². The fourth-order valence-electron chi connectivity index (χ4n) is 2.29. The summed E-state index contributed by atoms with van der Waals surface area (Å²) in [4.78, 5) is 11.9. The minimum absolute atomic E-state index is 0.278. The maximum Gasteiger partial charge on any atom is 0.338 e. The lowest BCUT2D eigenvalue weighted by Gasteiger charge is -2.04. The van der Waals surface area contributed by atoms with Crippen LogP contribution in [0.15, 0.2) is 85.2 Å². The van der Waals surface area contributed by atoms with Gasteiger partial charge in [0, 0.05) is 23.3 Å². The summed E-state index contributed by atoms with van der Waals surface area (Å²) in [5, 5.41) is 0. The molecule has 0 aliphatic carbocycles. The van der Waals surface area contributed by atoms with E-state index in [1.165, 1.54) is 5.56 Å². The molecule has 2 aromatic carbocycles. The second-order valence-corrected chi connectivity index (χ2v) is 5.31. The Morgan fingerprint density at radius 1 is 0.783 bits per heavy atom. The van der Waals surface area contributed by atoms with Gasteiger partial charge in [0.25, 0.3) is 0 Å². The lowest BCUT2D eigenvalue weighted by Crippen LogP contribution is -2.33. The third kappa shape index (κ3) is 4.27. The fraction of sp³-hybridized carbons (Fsp3) is 0.100. The number of carbonyl (C=O) groups excluding carboxylic acids is 1. The molecule has 3 aromatic rings. The van der Waals surface area contributed by atoms with Crippen LogP contribution in [0.5, 0.6) is 0 Å². The van der Waals surface area contributed by atoms with Gasteiger partial charge < -0.3 is 4.74 Å². The number of nitrogens with zero attached hydrogens (tertiary/aromatic N) is 1. The van der Waals surface area contributed by atoms with Crippen LogP contribution in [0, 0.1) is 0 Å². The highest BCUT2D eigenvalue weighted by Crippen LogP contribution is 2.05. The standard InChI is InChI=1S/C20H18NO2/c22-20(19-9-5-2-6-10-19)23-16-18-11-13-21(14-12-18)15-17-7-3-1-4-8-17/h1-14H,15-16H2/q+1. The van der Waals surface area contributed by atoms with E-state index >= 15 is 0 Å². The molecule has 0 aliphatic rings. The highest BCUT2D eigenvalue weighted by molar-refractivity contribution is 5.89. The van der Waals surface area contributed by atoms with Crippen LogP contribution in [-0.4, -0.2) is 5.97 Å². The number of hydrogen-bond acceptors (Lipinski definition) is 2. The van der Waals surface area contributed by atoms with Gasteiger partial charge in [-0.1, -0.05) is 48.5 Å². The Morgan fingerprint density at radius 3 is 2.04 bits per heavy atom. The van der Waals surface area contributed by atoms with E-state index in [9.17, 15) is 4.79 Å². The molecule has 0 radical (unpaired) electrons. The van der Waals surface area contributed by atoms with Gasteiger partial charge in [-0.05, 0) is 12.1 Å². The molecule has 23 heavy (non-hydrogen) atoms. The molecule has 3 heteroatoms. The van der Waals surface area contributed by atoms with Crippen molar-refractivity contribution in [3.63, 3.8) is 0 Å². The van der Waals surface area contributed by atoms with Crippen LogP contribution in [0.2, 0.25) is 0 Å². The molecule has 0 saturated heterocycles. The maximum absolute atomic E-state index is 11.9. The molecule has 114 valence electrons. The summed E-state index contributed by atoms with van der Waals surface area (Å²) in [7, 11) is 0. The topological polar surface area (TPSA) is 30.2 Å². The van der Waals surface area contributed by atoms with E-state index in [0.717, 1.165) is 12.1 Å². The number of rotatable bonds is 5. The van der Waals surface area contributed by atoms with Crippen LogP contribution in [-0.2, 0) is 17.9 Å². The first-order chi connectivity index (χ1) is 11.3. The van der Waals surface area contributed by atoms with Crippen LogP contribution in [0.3, 0.4) is 0 Å². The second-order valence-electron chi connectivity index (χ2n) is 5.31. The van der Waals surface area contributed by atoms with Crippen molar-refractivity contribution < 1.29 is 14.1 Å². The van der Waals surface area contributed by atoms with Crippen molar-refractivity contribution in [3.05, 3.63) is 102 Å². The van der Waals surface area contributed by atoms with E-state index in [4.69, 9.17) is 4.74 Å². The fourth-order valence-corrected chi connectivity index (χ4v) is 2.29. The molecule has 1 aromatic heterocycles. The van der Waals surface area contributed by atoms with Crippen molar-refractivity contribution in [2.24, 2.45) is 0 Å². The van der Waals surface area contributed by atoms with Crippen molar-refractivity contribution in [3.8, 4) is 0 Å². The monoisotopic (exact) mass is 304 g/mol. The number of benzene rings is 2. The van der Waals surface area contributed by atoms with E-state index in [1.807, 2.05) is 60.9 Å². The molecule has 3 rings (SSSR count). The summed E-state index contributed by atoms with van der Waals surface area (Å²) in [5.74, 6) is -0.299. The molecule has 0 N–H and O–H groups in total. The Kier molecular flexibility index (Phi) is 4.79. The average Bonchev–Trinajstić information content (AvgIpc) is 2.62. The van der Waals surface area contributed by atoms with Gasteiger partial charge in [0.1, 0.15) is 6.61 Å². The number of ether oxygens (including phenoxy) is 1. The third-order valence-electron chi connectivity index (χ3n) is 3.55. The predicted molar refractivity (Wildman–Crippen MR) is 87.7 cm³/mol. The van der Waals surface area contributed by atoms with Gasteiger partial charge in [-0.3, -0.25) is 0 Å². The van der Waals surface area contributed by atoms with Crippen molar-refractivity contribution in [2.75, 3.05) is 0 Å². The zero-order chi connectivity index (χ0) is 15.9. The number of esters is 1. The third-order valence-corrected chi connectivity index (χ3v) is 3.55. The molecule has 0 aliphatic heterocycles. The zero-order valence-electron chi connectivity index (χ0n) is 12.8. The summed E-state index contributed by atoms with van der Waals surface area (Å²) >= 11 is 0. The molecule has 0 spiro atoms. The van der Waals surface area contributed by atoms with Crippen LogP contribution < -0.4 is 4.57 Å². The largest absolute Gasteiger partial charge is 0.457 e. The molecule has 0 atom stereocenters. The minimum Gasteiger partial charge on any atom is -0.457 e. The van der Waals surface area contributed by atoms with Crippen molar-refractivity contribution in [2.45, 2.75) is 13.2 Å². The smallest absolute Gasteiger partial charge is 0.338 e. The second kappa shape index (κ2) is 7.36. The number of aromatic nitrogens is 1. The molecule has 1 heterocycles. The van der Waals surface area contributed by atoms with Crippen molar-refractivity contribution in [1.29, 1.82) is 0 Å². The number of pyridine rings is 1. The van der Waals surface area contributed by atoms with E-state index in [1.54, 1.807) is 12.1 Å². The maximum atomic E-state index is 11.9. The highest BCUT2D eigenvalue weighted by atomic mass is 16.5. The molecule has 3 nitrogen and oxygen atoms in total. The Bertz CT molecular complexity index is 753. The summed E-state index contributed by atoms with van der Waals surface area (Å²) in [6.07, 6.45) is 4.00. The van der Waals surface area contributed by atoms with Crippen molar-refractivity contribution in [1.82, 2.24) is 0 Å². The van der Waals surface area contributed by atoms with Crippen LogP contribution in [0.4, 0.5) is 0 Å². The molecular formula is C20H18NO2+. The Hall–Kier alpha value is -2.94. The highest BCUT2D eigenvalue weighted by Gasteiger charge is 2.07. The molecule has 0 bridgehead atoms. The lowest BCUT2D eigenvalue weighted by molar-refractivity contribution is -0.688. The number of hydrogen-bond donors (Lipinski definition) is 0. The van der Waals surface area contributed by atoms with Gasteiger partial charge in [0.2, 0.25) is 0 Å². The van der Waals surface area contributed by atoms with E-state index in [-0.39, 0.29) is 12.6 Å². The van der Waals surface area contributed by atoms with Gasteiger partial charge in [0.15, 0.2) is 18.9 Å².